The van der Waals surface area contributed by atoms with Gasteiger partial charge in [0.05, 0.1) is 9.90 Å². The van der Waals surface area contributed by atoms with Crippen molar-refractivity contribution in [3.8, 4) is 0 Å². The number of anilines is 1. The Morgan fingerprint density at radius 3 is 2.56 bits per heavy atom. The molecule has 0 saturated carbocycles. The molecule has 0 spiro atoms. The lowest BCUT2D eigenvalue weighted by Gasteiger charge is -2.14. The molecule has 1 aromatic heterocycles. The summed E-state index contributed by atoms with van der Waals surface area (Å²) in [4.78, 5) is 10.7. The number of carboxylic acids is 1. The first-order valence-electron chi connectivity index (χ1n) is 5.40. The van der Waals surface area contributed by atoms with Crippen LogP contribution in [0.25, 0.3) is 0 Å². The molecule has 3 nitrogen and oxygen atoms in total. The fraction of sp³-hybridized carbons (Fsp3) is 0.154. The van der Waals surface area contributed by atoms with Crippen molar-refractivity contribution in [2.24, 2.45) is 0 Å². The molecule has 1 aromatic carbocycles. The Morgan fingerprint density at radius 1 is 1.39 bits per heavy atom. The maximum atomic E-state index is 10.7. The van der Waals surface area contributed by atoms with Crippen LogP contribution in [0.1, 0.15) is 28.9 Å². The molecule has 5 heteroatoms. The Kier molecular flexibility index (Phi) is 3.89. The molecule has 2 N–H and O–H groups in total. The maximum absolute atomic E-state index is 10.7. The third-order valence-electron chi connectivity index (χ3n) is 2.60. The molecule has 1 atom stereocenters. The van der Waals surface area contributed by atoms with Gasteiger partial charge in [-0.25, -0.2) is 4.79 Å². The molecule has 0 bridgehead atoms. The highest BCUT2D eigenvalue weighted by Crippen LogP contribution is 2.27. The summed E-state index contributed by atoms with van der Waals surface area (Å²) in [6.07, 6.45) is 0. The number of carboxylic acid groups (broad SMARTS) is 1. The van der Waals surface area contributed by atoms with Gasteiger partial charge in [0, 0.05) is 11.7 Å². The lowest BCUT2D eigenvalue weighted by molar-refractivity contribution is 0.0697. The van der Waals surface area contributed by atoms with E-state index in [1.807, 2.05) is 18.4 Å². The highest BCUT2D eigenvalue weighted by atomic mass is 35.5. The minimum absolute atomic E-state index is 0.129. The number of halogens is 1. The molecule has 0 amide bonds. The van der Waals surface area contributed by atoms with E-state index in [0.29, 0.717) is 0 Å². The van der Waals surface area contributed by atoms with Gasteiger partial charge in [-0.2, -0.15) is 0 Å². The van der Waals surface area contributed by atoms with Gasteiger partial charge in [0.15, 0.2) is 0 Å². The van der Waals surface area contributed by atoms with Gasteiger partial charge in [0.1, 0.15) is 0 Å². The first-order chi connectivity index (χ1) is 8.56. The van der Waals surface area contributed by atoms with Crippen molar-refractivity contribution < 1.29 is 9.90 Å². The molecule has 0 saturated heterocycles. The summed E-state index contributed by atoms with van der Waals surface area (Å²) in [6, 6.07) is 8.73. The second-order valence-corrected chi connectivity index (χ2v) is 5.48. The van der Waals surface area contributed by atoms with Crippen molar-refractivity contribution in [3.63, 3.8) is 0 Å². The van der Waals surface area contributed by atoms with Gasteiger partial charge in [-0.05, 0) is 48.2 Å². The van der Waals surface area contributed by atoms with Crippen molar-refractivity contribution in [2.75, 3.05) is 5.32 Å². The molecule has 18 heavy (non-hydrogen) atoms. The first kappa shape index (κ1) is 12.9. The van der Waals surface area contributed by atoms with Crippen LogP contribution in [0.15, 0.2) is 35.7 Å². The molecule has 0 fully saturated rings. The topological polar surface area (TPSA) is 49.3 Å². The standard InChI is InChI=1S/C13H12ClNO2S/c1-8(10-6-12(14)18-7-10)15-11-4-2-9(3-5-11)13(16)17/h2-8,15H,1H3,(H,16,17). The smallest absolute Gasteiger partial charge is 0.335 e. The number of benzene rings is 1. The molecular weight excluding hydrogens is 270 g/mol. The number of rotatable bonds is 4. The average Bonchev–Trinajstić information content (AvgIpc) is 2.76. The van der Waals surface area contributed by atoms with Gasteiger partial charge in [-0.15, -0.1) is 11.3 Å². The van der Waals surface area contributed by atoms with E-state index in [4.69, 9.17) is 16.7 Å². The molecule has 0 aliphatic heterocycles. The van der Waals surface area contributed by atoms with Gasteiger partial charge < -0.3 is 10.4 Å². The summed E-state index contributed by atoms with van der Waals surface area (Å²) in [5, 5.41) is 14.1. The van der Waals surface area contributed by atoms with E-state index >= 15 is 0 Å². The van der Waals surface area contributed by atoms with E-state index < -0.39 is 5.97 Å². The Labute approximate surface area is 114 Å². The Balaban J connectivity index is 2.07. The average molecular weight is 282 g/mol. The van der Waals surface area contributed by atoms with E-state index in [9.17, 15) is 4.79 Å². The van der Waals surface area contributed by atoms with E-state index in [2.05, 4.69) is 5.32 Å². The van der Waals surface area contributed by atoms with Gasteiger partial charge in [-0.1, -0.05) is 11.6 Å². The zero-order chi connectivity index (χ0) is 13.1. The van der Waals surface area contributed by atoms with Crippen molar-refractivity contribution in [1.82, 2.24) is 0 Å². The van der Waals surface area contributed by atoms with Crippen LogP contribution in [0.3, 0.4) is 0 Å². The molecule has 0 radical (unpaired) electrons. The summed E-state index contributed by atoms with van der Waals surface area (Å²) in [5.74, 6) is -0.917. The van der Waals surface area contributed by atoms with Crippen molar-refractivity contribution in [3.05, 3.63) is 51.2 Å². The van der Waals surface area contributed by atoms with Crippen molar-refractivity contribution >= 4 is 34.6 Å². The van der Waals surface area contributed by atoms with Gasteiger partial charge in [0.2, 0.25) is 0 Å². The van der Waals surface area contributed by atoms with Crippen LogP contribution >= 0.6 is 22.9 Å². The minimum Gasteiger partial charge on any atom is -0.478 e. The second-order valence-electron chi connectivity index (χ2n) is 3.93. The number of thiophene rings is 1. The van der Waals surface area contributed by atoms with Gasteiger partial charge in [0.25, 0.3) is 0 Å². The van der Waals surface area contributed by atoms with Crippen LogP contribution in [-0.2, 0) is 0 Å². The van der Waals surface area contributed by atoms with E-state index in [1.165, 1.54) is 11.3 Å². The monoisotopic (exact) mass is 281 g/mol. The van der Waals surface area contributed by atoms with E-state index in [-0.39, 0.29) is 11.6 Å². The summed E-state index contributed by atoms with van der Waals surface area (Å²) >= 11 is 7.39. The molecule has 2 rings (SSSR count). The lowest BCUT2D eigenvalue weighted by Crippen LogP contribution is -2.05. The Bertz CT molecular complexity index is 550. The largest absolute Gasteiger partial charge is 0.478 e. The predicted molar refractivity (Wildman–Crippen MR) is 74.8 cm³/mol. The van der Waals surface area contributed by atoms with Crippen molar-refractivity contribution in [1.29, 1.82) is 0 Å². The number of nitrogens with one attached hydrogen (secondary N) is 1. The number of aromatic carboxylic acids is 1. The molecule has 2 aromatic rings. The van der Waals surface area contributed by atoms with Crippen LogP contribution in [0.5, 0.6) is 0 Å². The zero-order valence-corrected chi connectivity index (χ0v) is 11.3. The third-order valence-corrected chi connectivity index (χ3v) is 3.71. The van der Waals surface area contributed by atoms with Gasteiger partial charge >= 0.3 is 5.97 Å². The SMILES string of the molecule is CC(Nc1ccc(C(=O)O)cc1)c1csc(Cl)c1. The van der Waals surface area contributed by atoms with Crippen LogP contribution in [0.4, 0.5) is 5.69 Å². The summed E-state index contributed by atoms with van der Waals surface area (Å²) < 4.78 is 0.764. The van der Waals surface area contributed by atoms with Crippen LogP contribution in [0.2, 0.25) is 4.34 Å². The fourth-order valence-corrected chi connectivity index (χ4v) is 2.58. The lowest BCUT2D eigenvalue weighted by atomic mass is 10.1. The Morgan fingerprint density at radius 2 is 2.06 bits per heavy atom. The normalized spacial score (nSPS) is 12.1. The molecule has 0 aliphatic rings. The minimum atomic E-state index is -0.917. The molecule has 1 unspecified atom stereocenters. The summed E-state index contributed by atoms with van der Waals surface area (Å²) in [5.41, 5.74) is 2.29. The second kappa shape index (κ2) is 5.42. The number of carbonyl (C=O) groups is 1. The first-order valence-corrected chi connectivity index (χ1v) is 6.66. The highest BCUT2D eigenvalue weighted by molar-refractivity contribution is 7.14. The summed E-state index contributed by atoms with van der Waals surface area (Å²) in [7, 11) is 0. The zero-order valence-electron chi connectivity index (χ0n) is 9.68. The molecule has 1 heterocycles. The van der Waals surface area contributed by atoms with Crippen molar-refractivity contribution in [2.45, 2.75) is 13.0 Å². The van der Waals surface area contributed by atoms with E-state index in [0.717, 1.165) is 15.6 Å². The quantitative estimate of drug-likeness (QED) is 0.880. The molecule has 94 valence electrons. The van der Waals surface area contributed by atoms with Crippen LogP contribution in [0, 0.1) is 0 Å². The highest BCUT2D eigenvalue weighted by Gasteiger charge is 2.08. The maximum Gasteiger partial charge on any atom is 0.335 e. The predicted octanol–water partition coefficient (Wildman–Crippen LogP) is 4.27. The number of hydrogen-bond donors (Lipinski definition) is 2. The summed E-state index contributed by atoms with van der Waals surface area (Å²) in [6.45, 7) is 2.03. The molecule has 0 aliphatic carbocycles. The Hall–Kier alpha value is -1.52. The van der Waals surface area contributed by atoms with Crippen LogP contribution in [-0.4, -0.2) is 11.1 Å². The third kappa shape index (κ3) is 3.03. The van der Waals surface area contributed by atoms with Crippen LogP contribution < -0.4 is 5.32 Å². The number of hydrogen-bond acceptors (Lipinski definition) is 3. The van der Waals surface area contributed by atoms with Gasteiger partial charge in [-0.3, -0.25) is 0 Å². The molecular formula is C13H12ClNO2S. The van der Waals surface area contributed by atoms with E-state index in [1.54, 1.807) is 24.3 Å². The fourth-order valence-electron chi connectivity index (χ4n) is 1.59.